The highest BCUT2D eigenvalue weighted by Crippen LogP contribution is 2.60. The molecule has 0 fully saturated rings. The van der Waals surface area contributed by atoms with Crippen LogP contribution in [0.2, 0.25) is 0 Å². The van der Waals surface area contributed by atoms with Gasteiger partial charge >= 0.3 is 0 Å². The molecule has 0 aliphatic rings. The Balaban J connectivity index is 4.77. The maximum atomic E-state index is 13.0. The molecule has 0 N–H and O–H groups in total. The van der Waals surface area contributed by atoms with Crippen LogP contribution in [0.3, 0.4) is 0 Å². The number of unbranched alkanes of at least 4 members (excludes halogenated alkanes) is 1. The van der Waals surface area contributed by atoms with Crippen LogP contribution >= 0.6 is 10.8 Å². The highest BCUT2D eigenvalue weighted by molar-refractivity contribution is 8.26. The van der Waals surface area contributed by atoms with Gasteiger partial charge in [-0.3, -0.25) is 0 Å². The van der Waals surface area contributed by atoms with Gasteiger partial charge in [0.1, 0.15) is 0 Å². The van der Waals surface area contributed by atoms with Gasteiger partial charge in [0.25, 0.3) is 0 Å². The molecule has 0 aliphatic heterocycles. The highest BCUT2D eigenvalue weighted by atomic mass is 32.3. The number of hydrogen-bond acceptors (Lipinski definition) is 2. The Morgan fingerprint density at radius 2 is 1.77 bits per heavy atom. The summed E-state index contributed by atoms with van der Waals surface area (Å²) in [6.45, 7) is 1.84. The van der Waals surface area contributed by atoms with E-state index in [1.54, 1.807) is 0 Å². The molecule has 0 rings (SSSR count). The van der Waals surface area contributed by atoms with Crippen molar-refractivity contribution in [3.05, 3.63) is 0 Å². The second-order valence-corrected chi connectivity index (χ2v) is 5.03. The van der Waals surface area contributed by atoms with E-state index in [0.717, 1.165) is 0 Å². The van der Waals surface area contributed by atoms with Gasteiger partial charge in [0.05, 0.1) is 22.9 Å². The largest absolute Gasteiger partial charge is 0.224 e. The van der Waals surface area contributed by atoms with Gasteiger partial charge in [-0.15, -0.1) is 0 Å². The van der Waals surface area contributed by atoms with E-state index in [1.807, 2.05) is 6.92 Å². The topological polar surface area (TPSA) is 47.6 Å². The molecule has 0 atom stereocenters. The summed E-state index contributed by atoms with van der Waals surface area (Å²) in [6.07, 6.45) is 1.86. The Labute approximate surface area is 79.1 Å². The van der Waals surface area contributed by atoms with E-state index in [2.05, 4.69) is 0 Å². The van der Waals surface area contributed by atoms with E-state index < -0.39 is 15.5 Å². The van der Waals surface area contributed by atoms with Crippen molar-refractivity contribution in [3.8, 4) is 12.1 Å². The van der Waals surface area contributed by atoms with E-state index >= 15 is 0 Å². The van der Waals surface area contributed by atoms with E-state index in [0.29, 0.717) is 19.1 Å². The van der Waals surface area contributed by atoms with Gasteiger partial charge in [0, 0.05) is 6.26 Å². The minimum absolute atomic E-state index is 0.0324. The molecule has 13 heavy (non-hydrogen) atoms. The van der Waals surface area contributed by atoms with Crippen LogP contribution in [-0.2, 0) is 0 Å². The smallest absolute Gasteiger partial charge is 0.195 e. The van der Waals surface area contributed by atoms with Crippen molar-refractivity contribution in [1.29, 1.82) is 10.5 Å². The Morgan fingerprint density at radius 3 is 2.00 bits per heavy atom. The fourth-order valence-electron chi connectivity index (χ4n) is 0.902. The van der Waals surface area contributed by atoms with Crippen LogP contribution in [0, 0.1) is 22.7 Å². The lowest BCUT2D eigenvalue weighted by molar-refractivity contribution is 0.627. The van der Waals surface area contributed by atoms with Crippen LogP contribution < -0.4 is 0 Å². The minimum Gasteiger partial charge on any atom is -0.195 e. The van der Waals surface area contributed by atoms with Crippen LogP contribution in [-0.4, -0.2) is 11.0 Å². The molecular formula is C8H12F2N2S. The zero-order chi connectivity index (χ0) is 10.5. The Kier molecular flexibility index (Phi) is 4.16. The average molecular weight is 206 g/mol. The quantitative estimate of drug-likeness (QED) is 0.709. The lowest BCUT2D eigenvalue weighted by atomic mass is 10.1. The molecule has 0 amide bonds. The molecule has 0 spiro atoms. The summed E-state index contributed by atoms with van der Waals surface area (Å²) in [6, 6.07) is 2.93. The van der Waals surface area contributed by atoms with Crippen LogP contribution in [0.15, 0.2) is 0 Å². The molecule has 0 radical (unpaired) electrons. The zero-order valence-electron chi connectivity index (χ0n) is 7.68. The van der Waals surface area contributed by atoms with Gasteiger partial charge < -0.3 is 0 Å². The lowest BCUT2D eigenvalue weighted by Gasteiger charge is -2.28. The maximum Gasteiger partial charge on any atom is 0.224 e. The zero-order valence-corrected chi connectivity index (χ0v) is 8.50. The van der Waals surface area contributed by atoms with E-state index in [1.165, 1.54) is 12.1 Å². The van der Waals surface area contributed by atoms with Crippen LogP contribution in [0.25, 0.3) is 0 Å². The fourth-order valence-corrected chi connectivity index (χ4v) is 1.73. The second kappa shape index (κ2) is 4.43. The summed E-state index contributed by atoms with van der Waals surface area (Å²) in [4.78, 5) is 0. The van der Waals surface area contributed by atoms with E-state index in [4.69, 9.17) is 10.5 Å². The third-order valence-electron chi connectivity index (χ3n) is 1.86. The van der Waals surface area contributed by atoms with Crippen molar-refractivity contribution in [2.75, 3.05) is 6.26 Å². The predicted molar refractivity (Wildman–Crippen MR) is 49.2 cm³/mol. The summed E-state index contributed by atoms with van der Waals surface area (Å²) in [5.41, 5.74) is 0. The molecule has 5 heteroatoms. The summed E-state index contributed by atoms with van der Waals surface area (Å²) < 4.78 is 23.9. The SMILES string of the molecule is CCCCC(C#N)(C#N)S(C)(F)F. The Bertz CT molecular complexity index is 232. The number of rotatable bonds is 4. The van der Waals surface area contributed by atoms with Crippen molar-refractivity contribution in [1.82, 2.24) is 0 Å². The van der Waals surface area contributed by atoms with Gasteiger partial charge in [-0.25, -0.2) is 0 Å². The van der Waals surface area contributed by atoms with Crippen LogP contribution in [0.5, 0.6) is 0 Å². The number of hydrogen-bond donors (Lipinski definition) is 0. The number of nitriles is 2. The second-order valence-electron chi connectivity index (χ2n) is 2.88. The molecule has 0 aromatic rings. The first-order valence-corrected chi connectivity index (χ1v) is 5.77. The van der Waals surface area contributed by atoms with Crippen molar-refractivity contribution in [2.24, 2.45) is 0 Å². The molecule has 0 aliphatic carbocycles. The van der Waals surface area contributed by atoms with Crippen molar-refractivity contribution < 1.29 is 7.77 Å². The summed E-state index contributed by atoms with van der Waals surface area (Å²) >= 11 is 0. The molecule has 0 saturated heterocycles. The molecule has 0 heterocycles. The Hall–Kier alpha value is -0.810. The predicted octanol–water partition coefficient (Wildman–Crippen LogP) is 3.17. The van der Waals surface area contributed by atoms with Crippen molar-refractivity contribution in [2.45, 2.75) is 30.9 Å². The standard InChI is InChI=1S/C8H12F2N2S/c1-3-4-5-8(6-11,7-12)13(2,9)10/h3-5H2,1-2H3. The third kappa shape index (κ3) is 2.57. The number of nitrogens with zero attached hydrogens (tertiary/aromatic N) is 2. The first kappa shape index (κ1) is 12.2. The van der Waals surface area contributed by atoms with Gasteiger partial charge in [0.2, 0.25) is 4.75 Å². The fraction of sp³-hybridized carbons (Fsp3) is 0.750. The third-order valence-corrected chi connectivity index (χ3v) is 3.47. The molecule has 0 unspecified atom stereocenters. The maximum absolute atomic E-state index is 13.0. The summed E-state index contributed by atoms with van der Waals surface area (Å²) in [5, 5.41) is 17.2. The lowest BCUT2D eigenvalue weighted by Crippen LogP contribution is -2.27. The number of halogens is 2. The van der Waals surface area contributed by atoms with Gasteiger partial charge in [-0.2, -0.15) is 18.3 Å². The van der Waals surface area contributed by atoms with Gasteiger partial charge in [-0.1, -0.05) is 19.8 Å². The van der Waals surface area contributed by atoms with Crippen molar-refractivity contribution >= 4 is 10.8 Å². The minimum atomic E-state index is -4.12. The normalized spacial score (nSPS) is 13.1. The highest BCUT2D eigenvalue weighted by Gasteiger charge is 2.46. The van der Waals surface area contributed by atoms with Crippen LogP contribution in [0.4, 0.5) is 7.77 Å². The molecule has 0 bridgehead atoms. The molecule has 0 saturated carbocycles. The van der Waals surface area contributed by atoms with Crippen molar-refractivity contribution in [3.63, 3.8) is 0 Å². The van der Waals surface area contributed by atoms with Crippen LogP contribution in [0.1, 0.15) is 26.2 Å². The first-order chi connectivity index (χ1) is 5.93. The van der Waals surface area contributed by atoms with E-state index in [-0.39, 0.29) is 6.42 Å². The van der Waals surface area contributed by atoms with Gasteiger partial charge in [0.15, 0.2) is 0 Å². The molecule has 0 aromatic heterocycles. The Morgan fingerprint density at radius 1 is 1.31 bits per heavy atom. The molecule has 74 valence electrons. The molecule has 0 aromatic carbocycles. The average Bonchev–Trinajstić information content (AvgIpc) is 2.05. The van der Waals surface area contributed by atoms with E-state index in [9.17, 15) is 7.77 Å². The monoisotopic (exact) mass is 206 g/mol. The molecular weight excluding hydrogens is 194 g/mol. The summed E-state index contributed by atoms with van der Waals surface area (Å²) in [7, 11) is -4.12. The first-order valence-electron chi connectivity index (χ1n) is 3.93. The summed E-state index contributed by atoms with van der Waals surface area (Å²) in [5.74, 6) is 0. The van der Waals surface area contributed by atoms with Gasteiger partial charge in [-0.05, 0) is 6.42 Å². The molecule has 2 nitrogen and oxygen atoms in total.